The monoisotopic (exact) mass is 371 g/mol. The molecule has 1 fully saturated rings. The number of likely N-dealkylation sites (tertiary alicyclic amines) is 1. The molecular formula is C19H18FN3O2S. The van der Waals surface area contributed by atoms with Gasteiger partial charge in [-0.2, -0.15) is 0 Å². The van der Waals surface area contributed by atoms with E-state index in [1.54, 1.807) is 34.4 Å². The zero-order chi connectivity index (χ0) is 17.9. The highest BCUT2D eigenvalue weighted by Crippen LogP contribution is 2.21. The van der Waals surface area contributed by atoms with Crippen molar-refractivity contribution in [2.45, 2.75) is 19.3 Å². The Balaban J connectivity index is 1.21. The van der Waals surface area contributed by atoms with Crippen molar-refractivity contribution in [1.82, 2.24) is 15.2 Å². The molecule has 1 N–H and O–H groups in total. The van der Waals surface area contributed by atoms with Crippen LogP contribution in [-0.4, -0.2) is 35.1 Å². The Morgan fingerprint density at radius 3 is 2.81 bits per heavy atom. The van der Waals surface area contributed by atoms with E-state index in [9.17, 15) is 9.18 Å². The molecule has 3 aromatic rings. The number of nitrogens with one attached hydrogen (secondary N) is 1. The summed E-state index contributed by atoms with van der Waals surface area (Å²) >= 11 is 1.58. The summed E-state index contributed by atoms with van der Waals surface area (Å²) in [6.45, 7) is 1.66. The Morgan fingerprint density at radius 1 is 1.23 bits per heavy atom. The number of rotatable bonds is 5. The van der Waals surface area contributed by atoms with Gasteiger partial charge in [0.05, 0.1) is 42.6 Å². The highest BCUT2D eigenvalue weighted by molar-refractivity contribution is 7.18. The fourth-order valence-corrected chi connectivity index (χ4v) is 3.70. The van der Waals surface area contributed by atoms with Crippen LogP contribution in [0.5, 0.6) is 0 Å². The minimum Gasteiger partial charge on any atom is -0.370 e. The number of carbonyl (C=O) groups excluding carboxylic acids is 1. The number of amides is 2. The van der Waals surface area contributed by atoms with E-state index in [1.807, 2.05) is 24.3 Å². The Morgan fingerprint density at radius 2 is 2.00 bits per heavy atom. The van der Waals surface area contributed by atoms with E-state index in [0.29, 0.717) is 25.2 Å². The van der Waals surface area contributed by atoms with Gasteiger partial charge in [0.15, 0.2) is 0 Å². The number of hydrogen-bond acceptors (Lipinski definition) is 4. The maximum absolute atomic E-state index is 13.5. The van der Waals surface area contributed by atoms with Gasteiger partial charge in [-0.15, -0.1) is 11.3 Å². The number of fused-ring (bicyclic) bond motifs is 1. The number of hydrogen-bond donors (Lipinski definition) is 1. The van der Waals surface area contributed by atoms with Crippen molar-refractivity contribution in [3.8, 4) is 0 Å². The van der Waals surface area contributed by atoms with Gasteiger partial charge in [0, 0.05) is 5.56 Å². The lowest BCUT2D eigenvalue weighted by molar-refractivity contribution is -0.0450. The molecule has 5 nitrogen and oxygen atoms in total. The summed E-state index contributed by atoms with van der Waals surface area (Å²) in [6, 6.07) is 14.3. The van der Waals surface area contributed by atoms with Crippen LogP contribution in [0.3, 0.4) is 0 Å². The minimum atomic E-state index is -0.266. The third-order valence-electron chi connectivity index (χ3n) is 4.30. The number of urea groups is 1. The summed E-state index contributed by atoms with van der Waals surface area (Å²) in [5.41, 5.74) is 1.48. The molecule has 0 spiro atoms. The van der Waals surface area contributed by atoms with Crippen molar-refractivity contribution in [3.63, 3.8) is 0 Å². The Kier molecular flexibility index (Phi) is 4.81. The largest absolute Gasteiger partial charge is 0.370 e. The highest BCUT2D eigenvalue weighted by Gasteiger charge is 2.31. The van der Waals surface area contributed by atoms with Crippen LogP contribution in [0.4, 0.5) is 9.18 Å². The van der Waals surface area contributed by atoms with Crippen LogP contribution in [-0.2, 0) is 17.9 Å². The number of benzene rings is 2. The van der Waals surface area contributed by atoms with Gasteiger partial charge in [-0.3, -0.25) is 0 Å². The number of nitrogens with zero attached hydrogens (tertiary/aromatic N) is 2. The molecule has 1 aliphatic heterocycles. The number of para-hydroxylation sites is 1. The van der Waals surface area contributed by atoms with Gasteiger partial charge in [0.2, 0.25) is 0 Å². The SMILES string of the molecule is O=C(NCc1nc2ccccc2s1)N1CC(OCc2ccccc2F)C1. The van der Waals surface area contributed by atoms with Gasteiger partial charge in [0.25, 0.3) is 0 Å². The fraction of sp³-hybridized carbons (Fsp3) is 0.263. The molecule has 1 saturated heterocycles. The number of aromatic nitrogens is 1. The van der Waals surface area contributed by atoms with E-state index in [0.717, 1.165) is 15.2 Å². The first-order chi connectivity index (χ1) is 12.7. The molecule has 0 atom stereocenters. The van der Waals surface area contributed by atoms with E-state index < -0.39 is 0 Å². The maximum atomic E-state index is 13.5. The van der Waals surface area contributed by atoms with Crippen LogP contribution in [0, 0.1) is 5.82 Å². The van der Waals surface area contributed by atoms with E-state index >= 15 is 0 Å². The van der Waals surface area contributed by atoms with Crippen molar-refractivity contribution in [3.05, 3.63) is 64.9 Å². The van der Waals surface area contributed by atoms with Crippen LogP contribution in [0.15, 0.2) is 48.5 Å². The van der Waals surface area contributed by atoms with Crippen molar-refractivity contribution >= 4 is 27.6 Å². The summed E-state index contributed by atoms with van der Waals surface area (Å²) in [7, 11) is 0. The zero-order valence-electron chi connectivity index (χ0n) is 14.0. The first-order valence-corrected chi connectivity index (χ1v) is 9.23. The maximum Gasteiger partial charge on any atom is 0.317 e. The number of halogens is 1. The highest BCUT2D eigenvalue weighted by atomic mass is 32.1. The summed E-state index contributed by atoms with van der Waals surface area (Å²) in [6.07, 6.45) is -0.0530. The number of thiazole rings is 1. The van der Waals surface area contributed by atoms with Gasteiger partial charge >= 0.3 is 6.03 Å². The first kappa shape index (κ1) is 16.9. The lowest BCUT2D eigenvalue weighted by Crippen LogP contribution is -2.57. The second-order valence-electron chi connectivity index (χ2n) is 6.16. The van der Waals surface area contributed by atoms with Crippen molar-refractivity contribution in [2.24, 2.45) is 0 Å². The topological polar surface area (TPSA) is 54.5 Å². The molecule has 2 heterocycles. The zero-order valence-corrected chi connectivity index (χ0v) is 14.8. The van der Waals surface area contributed by atoms with Crippen LogP contribution < -0.4 is 5.32 Å². The smallest absolute Gasteiger partial charge is 0.317 e. The molecule has 0 aliphatic carbocycles. The molecule has 0 unspecified atom stereocenters. The van der Waals surface area contributed by atoms with Crippen molar-refractivity contribution < 1.29 is 13.9 Å². The molecule has 2 aromatic carbocycles. The molecule has 4 rings (SSSR count). The van der Waals surface area contributed by atoms with E-state index in [2.05, 4.69) is 10.3 Å². The van der Waals surface area contributed by atoms with Crippen LogP contribution in [0.1, 0.15) is 10.6 Å². The summed E-state index contributed by atoms with van der Waals surface area (Å²) < 4.78 is 20.3. The third-order valence-corrected chi connectivity index (χ3v) is 5.33. The van der Waals surface area contributed by atoms with E-state index in [4.69, 9.17) is 4.74 Å². The molecule has 134 valence electrons. The van der Waals surface area contributed by atoms with Gasteiger partial charge in [-0.25, -0.2) is 14.2 Å². The normalized spacial score (nSPS) is 14.4. The quantitative estimate of drug-likeness (QED) is 0.746. The predicted octanol–water partition coefficient (Wildman–Crippen LogP) is 3.55. The summed E-state index contributed by atoms with van der Waals surface area (Å²) in [5, 5.41) is 3.77. The molecule has 26 heavy (non-hydrogen) atoms. The van der Waals surface area contributed by atoms with Crippen LogP contribution >= 0.6 is 11.3 Å². The Labute approximate surface area is 154 Å². The predicted molar refractivity (Wildman–Crippen MR) is 98.4 cm³/mol. The van der Waals surface area contributed by atoms with Crippen LogP contribution in [0.25, 0.3) is 10.2 Å². The summed E-state index contributed by atoms with van der Waals surface area (Å²) in [4.78, 5) is 18.3. The van der Waals surface area contributed by atoms with Crippen LogP contribution in [0.2, 0.25) is 0 Å². The standard InChI is InChI=1S/C19H18FN3O2S/c20-15-6-2-1-5-13(15)12-25-14-10-23(11-14)19(24)21-9-18-22-16-7-3-4-8-17(16)26-18/h1-8,14H,9-12H2,(H,21,24). The van der Waals surface area contributed by atoms with Crippen molar-refractivity contribution in [1.29, 1.82) is 0 Å². The third kappa shape index (κ3) is 3.68. The second-order valence-corrected chi connectivity index (χ2v) is 7.28. The van der Waals surface area contributed by atoms with Gasteiger partial charge in [-0.05, 0) is 18.2 Å². The fourth-order valence-electron chi connectivity index (χ4n) is 2.79. The van der Waals surface area contributed by atoms with E-state index in [-0.39, 0.29) is 24.6 Å². The molecule has 1 aromatic heterocycles. The summed E-state index contributed by atoms with van der Waals surface area (Å²) in [5.74, 6) is -0.266. The molecule has 1 aliphatic rings. The molecular weight excluding hydrogens is 353 g/mol. The molecule has 7 heteroatoms. The molecule has 0 bridgehead atoms. The lowest BCUT2D eigenvalue weighted by Gasteiger charge is -2.38. The van der Waals surface area contributed by atoms with E-state index in [1.165, 1.54) is 6.07 Å². The van der Waals surface area contributed by atoms with Gasteiger partial charge in [-0.1, -0.05) is 30.3 Å². The molecule has 0 saturated carbocycles. The van der Waals surface area contributed by atoms with Gasteiger partial charge in [0.1, 0.15) is 10.8 Å². The first-order valence-electron chi connectivity index (χ1n) is 8.41. The Hall–Kier alpha value is -2.51. The molecule has 2 amide bonds. The average Bonchev–Trinajstić information content (AvgIpc) is 3.03. The van der Waals surface area contributed by atoms with Gasteiger partial charge < -0.3 is 15.0 Å². The number of ether oxygens (including phenoxy) is 1. The molecule has 0 radical (unpaired) electrons. The second kappa shape index (κ2) is 7.39. The number of carbonyl (C=O) groups is 1. The lowest BCUT2D eigenvalue weighted by atomic mass is 10.1. The average molecular weight is 371 g/mol. The van der Waals surface area contributed by atoms with Crippen molar-refractivity contribution in [2.75, 3.05) is 13.1 Å². The Bertz CT molecular complexity index is 891. The minimum absolute atomic E-state index is 0.0530.